The maximum Gasteiger partial charge on any atom is 0.160 e. The Morgan fingerprint density at radius 3 is 3.00 bits per heavy atom. The second-order valence-corrected chi connectivity index (χ2v) is 3.00. The Labute approximate surface area is 55.1 Å². The summed E-state index contributed by atoms with van der Waals surface area (Å²) >= 11 is 0. The van der Waals surface area contributed by atoms with Crippen molar-refractivity contribution < 1.29 is 9.47 Å². The van der Waals surface area contributed by atoms with E-state index in [1.54, 1.807) is 0 Å². The van der Waals surface area contributed by atoms with E-state index in [2.05, 4.69) is 6.92 Å². The Bertz CT molecular complexity index is 113. The molecule has 2 aliphatic rings. The highest BCUT2D eigenvalue weighted by molar-refractivity contribution is 4.79. The molecule has 0 aromatic rings. The summed E-state index contributed by atoms with van der Waals surface area (Å²) in [4.78, 5) is 0. The molecule has 2 aliphatic heterocycles. The van der Waals surface area contributed by atoms with E-state index in [0.29, 0.717) is 5.92 Å². The number of hydrogen-bond donors (Lipinski definition) is 0. The average Bonchev–Trinajstić information content (AvgIpc) is 2.35. The summed E-state index contributed by atoms with van der Waals surface area (Å²) in [7, 11) is 0. The number of ether oxygens (including phenoxy) is 2. The maximum absolute atomic E-state index is 5.37. The van der Waals surface area contributed by atoms with E-state index in [1.807, 2.05) is 0 Å². The van der Waals surface area contributed by atoms with Gasteiger partial charge in [-0.25, -0.2) is 0 Å². The fourth-order valence-corrected chi connectivity index (χ4v) is 1.67. The van der Waals surface area contributed by atoms with Crippen LogP contribution in [0.25, 0.3) is 0 Å². The largest absolute Gasteiger partial charge is 0.352 e. The third-order valence-electron chi connectivity index (χ3n) is 2.34. The highest BCUT2D eigenvalue weighted by Crippen LogP contribution is 2.34. The molecule has 0 aromatic heterocycles. The van der Waals surface area contributed by atoms with Gasteiger partial charge in [-0.15, -0.1) is 0 Å². The van der Waals surface area contributed by atoms with Gasteiger partial charge in [0.2, 0.25) is 0 Å². The normalized spacial score (nSPS) is 49.7. The molecule has 0 aromatic carbocycles. The molecule has 52 valence electrons. The van der Waals surface area contributed by atoms with Crippen LogP contribution >= 0.6 is 0 Å². The third-order valence-corrected chi connectivity index (χ3v) is 2.34. The Morgan fingerprint density at radius 1 is 1.33 bits per heavy atom. The summed E-state index contributed by atoms with van der Waals surface area (Å²) in [6.45, 7) is 4.04. The molecule has 2 unspecified atom stereocenters. The molecule has 0 aliphatic carbocycles. The standard InChI is InChI=1S/C7H12O2/c1-5-4-9-7-6(5)2-3-8-7/h5-7H,2-4H2,1H3/t5?,6-,7?/m1/s1. The summed E-state index contributed by atoms with van der Waals surface area (Å²) in [5, 5.41) is 0. The monoisotopic (exact) mass is 128 g/mol. The Balaban J connectivity index is 2.07. The van der Waals surface area contributed by atoms with Gasteiger partial charge >= 0.3 is 0 Å². The molecule has 3 atom stereocenters. The van der Waals surface area contributed by atoms with Gasteiger partial charge in [0.1, 0.15) is 0 Å². The zero-order valence-corrected chi connectivity index (χ0v) is 5.67. The van der Waals surface area contributed by atoms with Crippen LogP contribution in [-0.2, 0) is 9.47 Å². The van der Waals surface area contributed by atoms with E-state index in [0.717, 1.165) is 19.1 Å². The zero-order valence-electron chi connectivity index (χ0n) is 5.67. The second-order valence-electron chi connectivity index (χ2n) is 3.00. The van der Waals surface area contributed by atoms with Crippen LogP contribution in [-0.4, -0.2) is 19.5 Å². The van der Waals surface area contributed by atoms with Gasteiger partial charge in [0.05, 0.1) is 13.2 Å². The van der Waals surface area contributed by atoms with E-state index < -0.39 is 0 Å². The molecule has 0 radical (unpaired) electrons. The molecule has 2 rings (SSSR count). The van der Waals surface area contributed by atoms with Gasteiger partial charge in [0, 0.05) is 5.92 Å². The Kier molecular flexibility index (Phi) is 1.24. The van der Waals surface area contributed by atoms with Gasteiger partial charge in [-0.05, 0) is 12.3 Å². The van der Waals surface area contributed by atoms with Crippen molar-refractivity contribution in [2.45, 2.75) is 19.6 Å². The maximum atomic E-state index is 5.37. The minimum Gasteiger partial charge on any atom is -0.352 e. The van der Waals surface area contributed by atoms with Gasteiger partial charge in [0.15, 0.2) is 6.29 Å². The first kappa shape index (κ1) is 5.69. The van der Waals surface area contributed by atoms with Crippen molar-refractivity contribution in [2.24, 2.45) is 11.8 Å². The molecule has 0 spiro atoms. The topological polar surface area (TPSA) is 18.5 Å². The van der Waals surface area contributed by atoms with Crippen LogP contribution in [0, 0.1) is 11.8 Å². The van der Waals surface area contributed by atoms with Crippen LogP contribution in [0.2, 0.25) is 0 Å². The van der Waals surface area contributed by atoms with Gasteiger partial charge in [0.25, 0.3) is 0 Å². The lowest BCUT2D eigenvalue weighted by Gasteiger charge is -2.07. The Morgan fingerprint density at radius 2 is 2.22 bits per heavy atom. The summed E-state index contributed by atoms with van der Waals surface area (Å²) in [6.07, 6.45) is 1.35. The van der Waals surface area contributed by atoms with Crippen LogP contribution in [0.5, 0.6) is 0 Å². The van der Waals surface area contributed by atoms with Gasteiger partial charge in [-0.3, -0.25) is 0 Å². The van der Waals surface area contributed by atoms with Crippen molar-refractivity contribution in [2.75, 3.05) is 13.2 Å². The van der Waals surface area contributed by atoms with Crippen molar-refractivity contribution in [1.82, 2.24) is 0 Å². The van der Waals surface area contributed by atoms with E-state index >= 15 is 0 Å². The summed E-state index contributed by atoms with van der Waals surface area (Å²) in [6, 6.07) is 0. The minimum absolute atomic E-state index is 0.153. The fourth-order valence-electron chi connectivity index (χ4n) is 1.67. The first-order chi connectivity index (χ1) is 4.38. The second kappa shape index (κ2) is 1.96. The van der Waals surface area contributed by atoms with E-state index in [1.165, 1.54) is 6.42 Å². The molecule has 2 heterocycles. The molecule has 0 saturated carbocycles. The van der Waals surface area contributed by atoms with E-state index in [-0.39, 0.29) is 6.29 Å². The number of rotatable bonds is 0. The van der Waals surface area contributed by atoms with Gasteiger partial charge in [-0.1, -0.05) is 6.92 Å². The van der Waals surface area contributed by atoms with Crippen LogP contribution in [0.1, 0.15) is 13.3 Å². The molecule has 2 nitrogen and oxygen atoms in total. The van der Waals surface area contributed by atoms with E-state index in [9.17, 15) is 0 Å². The highest BCUT2D eigenvalue weighted by atomic mass is 16.7. The molecule has 2 fully saturated rings. The van der Waals surface area contributed by atoms with Crippen molar-refractivity contribution in [3.63, 3.8) is 0 Å². The molecule has 2 heteroatoms. The summed E-state index contributed by atoms with van der Waals surface area (Å²) in [5.74, 6) is 1.42. The molecular weight excluding hydrogens is 116 g/mol. The van der Waals surface area contributed by atoms with Crippen LogP contribution in [0.3, 0.4) is 0 Å². The lowest BCUT2D eigenvalue weighted by Crippen LogP contribution is -2.12. The van der Waals surface area contributed by atoms with Crippen molar-refractivity contribution in [3.05, 3.63) is 0 Å². The average molecular weight is 128 g/mol. The first-order valence-electron chi connectivity index (χ1n) is 3.61. The van der Waals surface area contributed by atoms with Crippen molar-refractivity contribution in [1.29, 1.82) is 0 Å². The fraction of sp³-hybridized carbons (Fsp3) is 1.00. The highest BCUT2D eigenvalue weighted by Gasteiger charge is 2.38. The molecule has 0 bridgehead atoms. The lowest BCUT2D eigenvalue weighted by molar-refractivity contribution is -0.0905. The van der Waals surface area contributed by atoms with E-state index in [4.69, 9.17) is 9.47 Å². The predicted octanol–water partition coefficient (Wildman–Crippen LogP) is 1.02. The predicted molar refractivity (Wildman–Crippen MR) is 33.0 cm³/mol. The Hall–Kier alpha value is -0.0800. The third kappa shape index (κ3) is 0.775. The van der Waals surface area contributed by atoms with Crippen LogP contribution in [0.4, 0.5) is 0 Å². The SMILES string of the molecule is CC1COC2OCC[C@H]12. The molecule has 2 saturated heterocycles. The molecule has 0 N–H and O–H groups in total. The minimum atomic E-state index is 0.153. The molecule has 0 amide bonds. The van der Waals surface area contributed by atoms with Gasteiger partial charge < -0.3 is 9.47 Å². The van der Waals surface area contributed by atoms with Gasteiger partial charge in [-0.2, -0.15) is 0 Å². The van der Waals surface area contributed by atoms with Crippen molar-refractivity contribution >= 4 is 0 Å². The van der Waals surface area contributed by atoms with Crippen molar-refractivity contribution in [3.8, 4) is 0 Å². The first-order valence-corrected chi connectivity index (χ1v) is 3.61. The quantitative estimate of drug-likeness (QED) is 0.485. The lowest BCUT2D eigenvalue weighted by atomic mass is 9.96. The zero-order chi connectivity index (χ0) is 6.27. The number of fused-ring (bicyclic) bond motifs is 1. The molecular formula is C7H12O2. The summed E-state index contributed by atoms with van der Waals surface area (Å²) in [5.41, 5.74) is 0. The number of hydrogen-bond acceptors (Lipinski definition) is 2. The molecule has 9 heavy (non-hydrogen) atoms. The smallest absolute Gasteiger partial charge is 0.160 e. The van der Waals surface area contributed by atoms with Crippen LogP contribution < -0.4 is 0 Å². The van der Waals surface area contributed by atoms with Crippen LogP contribution in [0.15, 0.2) is 0 Å². The summed E-state index contributed by atoms with van der Waals surface area (Å²) < 4.78 is 10.7.